The van der Waals surface area contributed by atoms with Gasteiger partial charge in [-0.2, -0.15) is 5.26 Å². The Morgan fingerprint density at radius 3 is 2.23 bits per heavy atom. The molecule has 1 N–H and O–H groups in total. The minimum absolute atomic E-state index is 0.0958. The zero-order valence-electron chi connectivity index (χ0n) is 23.0. The molecule has 0 unspecified atom stereocenters. The van der Waals surface area contributed by atoms with Crippen molar-refractivity contribution >= 4 is 51.8 Å². The van der Waals surface area contributed by atoms with Crippen molar-refractivity contribution in [1.29, 1.82) is 5.26 Å². The molecule has 0 aromatic heterocycles. The monoisotopic (exact) mass is 584 g/mol. The van der Waals surface area contributed by atoms with Gasteiger partial charge in [0.15, 0.2) is 5.69 Å². The highest BCUT2D eigenvalue weighted by molar-refractivity contribution is 6.21. The van der Waals surface area contributed by atoms with E-state index in [-0.39, 0.29) is 48.6 Å². The number of rotatable bonds is 11. The molecule has 1 aliphatic rings. The van der Waals surface area contributed by atoms with Crippen LogP contribution in [0.25, 0.3) is 0 Å². The fraction of sp³-hybridized carbons (Fsp3) is 0.214. The summed E-state index contributed by atoms with van der Waals surface area (Å²) in [7, 11) is 0. The maximum Gasteiger partial charge on any atom is 0.304 e. The number of nitro benzene ring substituents is 2. The van der Waals surface area contributed by atoms with Crippen LogP contribution in [0.15, 0.2) is 64.8 Å². The molecule has 4 rings (SSSR count). The predicted octanol–water partition coefficient (Wildman–Crippen LogP) is 5.26. The average molecular weight is 585 g/mol. The fourth-order valence-electron chi connectivity index (χ4n) is 4.42. The lowest BCUT2D eigenvalue weighted by Gasteiger charge is -2.26. The minimum Gasteiger partial charge on any atom is -0.370 e. The van der Waals surface area contributed by atoms with Crippen LogP contribution in [-0.2, 0) is 4.79 Å². The number of hydrogen-bond acceptors (Lipinski definition) is 11. The number of hydrogen-bond donors (Lipinski definition) is 1. The van der Waals surface area contributed by atoms with E-state index in [4.69, 9.17) is 0 Å². The molecule has 15 nitrogen and oxygen atoms in total. The second-order valence-corrected chi connectivity index (χ2v) is 9.18. The summed E-state index contributed by atoms with van der Waals surface area (Å²) in [4.78, 5) is 61.9. The van der Waals surface area contributed by atoms with Crippen LogP contribution in [0.2, 0.25) is 0 Å². The Hall–Kier alpha value is -6.04. The molecule has 0 bridgehead atoms. The summed E-state index contributed by atoms with van der Waals surface area (Å²) < 4.78 is 0. The second kappa shape index (κ2) is 12.6. The Bertz CT molecular complexity index is 1700. The first-order valence-electron chi connectivity index (χ1n) is 13.0. The van der Waals surface area contributed by atoms with E-state index < -0.39 is 32.5 Å². The molecule has 3 aromatic carbocycles. The number of nitrogens with zero attached hydrogens (tertiary/aromatic N) is 7. The van der Waals surface area contributed by atoms with Gasteiger partial charge in [-0.25, -0.2) is 0 Å². The van der Waals surface area contributed by atoms with Crippen LogP contribution in [0.4, 0.5) is 34.1 Å². The summed E-state index contributed by atoms with van der Waals surface area (Å²) >= 11 is 0. The average Bonchev–Trinajstić information content (AvgIpc) is 3.25. The number of imide groups is 1. The van der Waals surface area contributed by atoms with Crippen LogP contribution in [0.1, 0.15) is 46.5 Å². The summed E-state index contributed by atoms with van der Waals surface area (Å²) in [5.74, 6) is -1.11. The number of benzene rings is 3. The Morgan fingerprint density at radius 2 is 1.67 bits per heavy atom. The molecule has 0 aliphatic carbocycles. The predicted molar refractivity (Wildman–Crippen MR) is 154 cm³/mol. The third-order valence-electron chi connectivity index (χ3n) is 6.65. The molecule has 0 saturated carbocycles. The molecular formula is C28H24N8O7. The highest BCUT2D eigenvalue weighted by atomic mass is 16.6. The molecule has 3 aromatic rings. The van der Waals surface area contributed by atoms with Gasteiger partial charge in [0.25, 0.3) is 17.5 Å². The summed E-state index contributed by atoms with van der Waals surface area (Å²) in [6.45, 7) is 4.38. The summed E-state index contributed by atoms with van der Waals surface area (Å²) in [5, 5.41) is 42.9. The zero-order chi connectivity index (χ0) is 31.3. The summed E-state index contributed by atoms with van der Waals surface area (Å²) in [6.07, 6.45) is 0.129. The number of azo groups is 1. The number of likely N-dealkylation sites (N-methyl/N-ethyl adjacent to an activating group) is 1. The number of carbonyl (C=O) groups excluding carboxylic acids is 3. The number of nitro groups is 2. The Balaban J connectivity index is 1.65. The Morgan fingerprint density at radius 1 is 1.00 bits per heavy atom. The van der Waals surface area contributed by atoms with Gasteiger partial charge in [-0.1, -0.05) is 19.1 Å². The molecule has 3 amide bonds. The molecule has 0 atom stereocenters. The first-order chi connectivity index (χ1) is 20.6. The molecule has 0 radical (unpaired) electrons. The molecule has 0 saturated heterocycles. The third kappa shape index (κ3) is 6.17. The van der Waals surface area contributed by atoms with Crippen molar-refractivity contribution in [2.75, 3.05) is 29.9 Å². The highest BCUT2D eigenvalue weighted by Crippen LogP contribution is 2.38. The molecule has 43 heavy (non-hydrogen) atoms. The molecule has 0 fully saturated rings. The van der Waals surface area contributed by atoms with Crippen LogP contribution in [-0.4, -0.2) is 52.1 Å². The molecule has 0 spiro atoms. The maximum absolute atomic E-state index is 12.8. The van der Waals surface area contributed by atoms with Crippen LogP contribution < -0.4 is 10.2 Å². The number of amides is 3. The lowest BCUT2D eigenvalue weighted by Crippen LogP contribution is -2.38. The van der Waals surface area contributed by atoms with Crippen molar-refractivity contribution in [3.63, 3.8) is 0 Å². The van der Waals surface area contributed by atoms with E-state index >= 15 is 0 Å². The van der Waals surface area contributed by atoms with Crippen LogP contribution in [0, 0.1) is 31.6 Å². The zero-order valence-corrected chi connectivity index (χ0v) is 23.0. The van der Waals surface area contributed by atoms with Gasteiger partial charge < -0.3 is 10.2 Å². The minimum atomic E-state index is -0.904. The largest absolute Gasteiger partial charge is 0.370 e. The second-order valence-electron chi connectivity index (χ2n) is 9.18. The van der Waals surface area contributed by atoms with Crippen molar-refractivity contribution in [2.45, 2.75) is 20.3 Å². The van der Waals surface area contributed by atoms with E-state index in [1.807, 2.05) is 11.8 Å². The Kier molecular flexibility index (Phi) is 8.80. The number of non-ortho nitro benzene ring substituents is 1. The molecule has 15 heteroatoms. The van der Waals surface area contributed by atoms with Gasteiger partial charge in [-0.15, -0.1) is 10.2 Å². The van der Waals surface area contributed by atoms with E-state index in [0.29, 0.717) is 29.4 Å². The van der Waals surface area contributed by atoms with Crippen molar-refractivity contribution in [1.82, 2.24) is 4.90 Å². The smallest absolute Gasteiger partial charge is 0.304 e. The van der Waals surface area contributed by atoms with E-state index in [0.717, 1.165) is 6.07 Å². The van der Waals surface area contributed by atoms with Crippen LogP contribution >= 0.6 is 0 Å². The number of nitriles is 1. The molecule has 1 heterocycles. The van der Waals surface area contributed by atoms with E-state index in [2.05, 4.69) is 15.5 Å². The maximum atomic E-state index is 12.8. The third-order valence-corrected chi connectivity index (χ3v) is 6.65. The SMILES string of the molecule is CCC(=O)Nc1cc(N(CC)CCN2C(=O)c3ccccc3C2=O)ccc1N=Nc1c(C#N)cc([N+](=O)[O-])cc1[N+](=O)[O-]. The van der Waals surface area contributed by atoms with Crippen molar-refractivity contribution < 1.29 is 24.2 Å². The lowest BCUT2D eigenvalue weighted by molar-refractivity contribution is -0.393. The van der Waals surface area contributed by atoms with Gasteiger partial charge in [0.2, 0.25) is 5.91 Å². The first-order valence-corrected chi connectivity index (χ1v) is 13.0. The quantitative estimate of drug-likeness (QED) is 0.135. The lowest BCUT2D eigenvalue weighted by atomic mass is 10.1. The molecule has 1 aliphatic heterocycles. The number of fused-ring (bicyclic) bond motifs is 1. The standard InChI is InChI=1S/C28H24N8O7/c1-3-25(37)30-23-14-18(33(4-2)11-12-34-27(38)20-7-5-6-8-21(20)28(34)39)9-10-22(23)31-32-26-17(16-29)13-19(35(40)41)15-24(26)36(42)43/h5-10,13-15H,3-4,11-12H2,1-2H3,(H,30,37). The van der Waals surface area contributed by atoms with E-state index in [9.17, 15) is 39.9 Å². The van der Waals surface area contributed by atoms with E-state index in [1.165, 1.54) is 11.0 Å². The van der Waals surface area contributed by atoms with Gasteiger partial charge in [-0.3, -0.25) is 39.5 Å². The van der Waals surface area contributed by atoms with Crippen LogP contribution in [0.5, 0.6) is 0 Å². The fourth-order valence-corrected chi connectivity index (χ4v) is 4.42. The van der Waals surface area contributed by atoms with Crippen molar-refractivity contribution in [3.05, 3.63) is 91.5 Å². The molecular weight excluding hydrogens is 560 g/mol. The van der Waals surface area contributed by atoms with Crippen molar-refractivity contribution in [3.8, 4) is 6.07 Å². The van der Waals surface area contributed by atoms with Crippen molar-refractivity contribution in [2.24, 2.45) is 10.2 Å². The molecule has 218 valence electrons. The highest BCUT2D eigenvalue weighted by Gasteiger charge is 2.35. The van der Waals surface area contributed by atoms with Gasteiger partial charge in [0, 0.05) is 37.8 Å². The summed E-state index contributed by atoms with van der Waals surface area (Å²) in [5.41, 5.74) is -0.724. The summed E-state index contributed by atoms with van der Waals surface area (Å²) in [6, 6.07) is 14.6. The van der Waals surface area contributed by atoms with Crippen LogP contribution in [0.3, 0.4) is 0 Å². The normalized spacial score (nSPS) is 12.3. The van der Waals surface area contributed by atoms with Gasteiger partial charge in [0.1, 0.15) is 11.8 Å². The number of nitrogens with one attached hydrogen (secondary N) is 1. The number of anilines is 2. The number of carbonyl (C=O) groups is 3. The van der Waals surface area contributed by atoms with Gasteiger partial charge >= 0.3 is 5.69 Å². The van der Waals surface area contributed by atoms with Gasteiger partial charge in [-0.05, 0) is 37.3 Å². The van der Waals surface area contributed by atoms with E-state index in [1.54, 1.807) is 49.4 Å². The van der Waals surface area contributed by atoms with Gasteiger partial charge in [0.05, 0.1) is 38.3 Å². The topological polar surface area (TPSA) is 205 Å². The first kappa shape index (κ1) is 29.9. The Labute approximate surface area is 244 Å².